The average molecular weight is 304 g/mol. The Kier molecular flexibility index (Phi) is 4.46. The third kappa shape index (κ3) is 3.28. The van der Waals surface area contributed by atoms with Crippen LogP contribution in [0.5, 0.6) is 5.75 Å². The molecule has 0 saturated carbocycles. The number of nitrogens with zero attached hydrogens (tertiary/aromatic N) is 2. The molecule has 0 unspecified atom stereocenters. The van der Waals surface area contributed by atoms with Crippen molar-refractivity contribution in [2.45, 2.75) is 12.8 Å². The van der Waals surface area contributed by atoms with E-state index in [0.29, 0.717) is 5.69 Å². The quantitative estimate of drug-likeness (QED) is 0.529. The van der Waals surface area contributed by atoms with Crippen LogP contribution in [0.1, 0.15) is 11.3 Å². The van der Waals surface area contributed by atoms with E-state index in [4.69, 9.17) is 9.72 Å². The first-order chi connectivity index (χ1) is 11.3. The van der Waals surface area contributed by atoms with Crippen LogP contribution < -0.4 is 4.74 Å². The van der Waals surface area contributed by atoms with Gasteiger partial charge in [0.2, 0.25) is 6.08 Å². The number of ether oxygens (including phenoxy) is 1. The van der Waals surface area contributed by atoms with Gasteiger partial charge in [0.1, 0.15) is 11.3 Å². The van der Waals surface area contributed by atoms with Crippen molar-refractivity contribution < 1.29 is 9.53 Å². The number of aryl methyl sites for hydroxylation is 2. The van der Waals surface area contributed by atoms with Crippen molar-refractivity contribution in [3.8, 4) is 5.75 Å². The van der Waals surface area contributed by atoms with Gasteiger partial charge in [-0.15, -0.1) is 0 Å². The lowest BCUT2D eigenvalue weighted by atomic mass is 10.1. The fourth-order valence-electron chi connectivity index (χ4n) is 2.61. The molecule has 0 N–H and O–H groups in total. The molecular formula is C19H16N2O2. The number of pyridine rings is 1. The van der Waals surface area contributed by atoms with Crippen molar-refractivity contribution in [1.82, 2.24) is 4.98 Å². The molecule has 0 fully saturated rings. The minimum atomic E-state index is 0.667. The van der Waals surface area contributed by atoms with Crippen LogP contribution in [0.2, 0.25) is 0 Å². The summed E-state index contributed by atoms with van der Waals surface area (Å²) in [5.41, 5.74) is 3.53. The number of aromatic nitrogens is 1. The molecule has 4 nitrogen and oxygen atoms in total. The SMILES string of the molecule is COc1cccc2ccc(CCc3ccccc3N=C=O)nc12. The van der Waals surface area contributed by atoms with Crippen LogP contribution >= 0.6 is 0 Å². The van der Waals surface area contributed by atoms with E-state index in [2.05, 4.69) is 11.1 Å². The molecule has 114 valence electrons. The van der Waals surface area contributed by atoms with Crippen molar-refractivity contribution in [3.05, 3.63) is 65.9 Å². The Labute approximate surface area is 134 Å². The van der Waals surface area contributed by atoms with Gasteiger partial charge in [-0.05, 0) is 36.6 Å². The van der Waals surface area contributed by atoms with Crippen LogP contribution in [-0.4, -0.2) is 18.2 Å². The van der Waals surface area contributed by atoms with Gasteiger partial charge in [0.25, 0.3) is 0 Å². The van der Waals surface area contributed by atoms with Crippen LogP contribution in [0.25, 0.3) is 10.9 Å². The number of para-hydroxylation sites is 2. The molecule has 0 aliphatic heterocycles. The van der Waals surface area contributed by atoms with E-state index < -0.39 is 0 Å². The Morgan fingerprint density at radius 1 is 1.04 bits per heavy atom. The number of fused-ring (bicyclic) bond motifs is 1. The number of methoxy groups -OCH3 is 1. The highest BCUT2D eigenvalue weighted by atomic mass is 16.5. The fourth-order valence-corrected chi connectivity index (χ4v) is 2.61. The molecule has 23 heavy (non-hydrogen) atoms. The third-order valence-electron chi connectivity index (χ3n) is 3.77. The van der Waals surface area contributed by atoms with E-state index in [1.807, 2.05) is 48.5 Å². The molecule has 0 aliphatic rings. The van der Waals surface area contributed by atoms with E-state index in [0.717, 1.165) is 40.8 Å². The molecule has 1 heterocycles. The summed E-state index contributed by atoms with van der Waals surface area (Å²) in [6.07, 6.45) is 3.13. The highest BCUT2D eigenvalue weighted by molar-refractivity contribution is 5.84. The number of hydrogen-bond donors (Lipinski definition) is 0. The normalized spacial score (nSPS) is 10.3. The number of benzene rings is 2. The first-order valence-corrected chi connectivity index (χ1v) is 7.40. The van der Waals surface area contributed by atoms with Gasteiger partial charge in [-0.1, -0.05) is 36.4 Å². The molecule has 1 aromatic heterocycles. The van der Waals surface area contributed by atoms with E-state index in [1.165, 1.54) is 0 Å². The molecule has 0 radical (unpaired) electrons. The Bertz CT molecular complexity index is 883. The first-order valence-electron chi connectivity index (χ1n) is 7.40. The van der Waals surface area contributed by atoms with Crippen molar-refractivity contribution in [1.29, 1.82) is 0 Å². The maximum Gasteiger partial charge on any atom is 0.240 e. The van der Waals surface area contributed by atoms with Crippen molar-refractivity contribution in [2.75, 3.05) is 7.11 Å². The Morgan fingerprint density at radius 3 is 2.74 bits per heavy atom. The van der Waals surface area contributed by atoms with Gasteiger partial charge in [0.15, 0.2) is 0 Å². The van der Waals surface area contributed by atoms with Gasteiger partial charge in [-0.25, -0.2) is 9.78 Å². The summed E-state index contributed by atoms with van der Waals surface area (Å²) in [4.78, 5) is 19.0. The number of isocyanates is 1. The Hall–Kier alpha value is -2.97. The zero-order valence-corrected chi connectivity index (χ0v) is 12.8. The van der Waals surface area contributed by atoms with Gasteiger partial charge < -0.3 is 4.74 Å². The van der Waals surface area contributed by atoms with E-state index in [1.54, 1.807) is 13.2 Å². The number of carbonyl (C=O) groups excluding carboxylic acids is 1. The third-order valence-corrected chi connectivity index (χ3v) is 3.77. The molecule has 0 bridgehead atoms. The lowest BCUT2D eigenvalue weighted by molar-refractivity contribution is 0.419. The largest absolute Gasteiger partial charge is 0.494 e. The summed E-state index contributed by atoms with van der Waals surface area (Å²) in [5, 5.41) is 1.05. The molecule has 0 amide bonds. The predicted octanol–water partition coefficient (Wildman–Crippen LogP) is 4.00. The summed E-state index contributed by atoms with van der Waals surface area (Å²) < 4.78 is 5.38. The zero-order chi connectivity index (χ0) is 16.1. The summed E-state index contributed by atoms with van der Waals surface area (Å²) in [7, 11) is 1.65. The molecular weight excluding hydrogens is 288 g/mol. The van der Waals surface area contributed by atoms with Gasteiger partial charge in [0.05, 0.1) is 12.8 Å². The number of hydrogen-bond acceptors (Lipinski definition) is 4. The first kappa shape index (κ1) is 14.9. The zero-order valence-electron chi connectivity index (χ0n) is 12.8. The summed E-state index contributed by atoms with van der Waals surface area (Å²) in [5.74, 6) is 0.773. The van der Waals surface area contributed by atoms with Crippen molar-refractivity contribution >= 4 is 22.7 Å². The topological polar surface area (TPSA) is 51.5 Å². The second-order valence-corrected chi connectivity index (χ2v) is 5.17. The molecule has 0 aliphatic carbocycles. The van der Waals surface area contributed by atoms with Crippen LogP contribution in [0, 0.1) is 0 Å². The molecule has 3 rings (SSSR count). The van der Waals surface area contributed by atoms with Crippen LogP contribution in [0.4, 0.5) is 5.69 Å². The molecule has 3 aromatic rings. The van der Waals surface area contributed by atoms with Gasteiger partial charge in [-0.2, -0.15) is 4.99 Å². The van der Waals surface area contributed by atoms with Gasteiger partial charge in [-0.3, -0.25) is 0 Å². The minimum absolute atomic E-state index is 0.667. The number of aliphatic imine (C=N–C) groups is 1. The van der Waals surface area contributed by atoms with E-state index in [-0.39, 0.29) is 0 Å². The minimum Gasteiger partial charge on any atom is -0.494 e. The monoisotopic (exact) mass is 304 g/mol. The predicted molar refractivity (Wildman–Crippen MR) is 89.9 cm³/mol. The molecule has 0 atom stereocenters. The molecule has 0 spiro atoms. The van der Waals surface area contributed by atoms with Crippen molar-refractivity contribution in [3.63, 3.8) is 0 Å². The van der Waals surface area contributed by atoms with Crippen LogP contribution in [0.15, 0.2) is 59.6 Å². The second-order valence-electron chi connectivity index (χ2n) is 5.17. The maximum atomic E-state index is 10.5. The summed E-state index contributed by atoms with van der Waals surface area (Å²) in [6, 6.07) is 17.5. The van der Waals surface area contributed by atoms with E-state index >= 15 is 0 Å². The number of rotatable bonds is 5. The summed E-state index contributed by atoms with van der Waals surface area (Å²) >= 11 is 0. The lowest BCUT2D eigenvalue weighted by Crippen LogP contribution is -1.96. The molecule has 0 saturated heterocycles. The average Bonchev–Trinajstić information content (AvgIpc) is 2.60. The van der Waals surface area contributed by atoms with Gasteiger partial charge in [0, 0.05) is 11.1 Å². The maximum absolute atomic E-state index is 10.5. The van der Waals surface area contributed by atoms with Crippen LogP contribution in [0.3, 0.4) is 0 Å². The second kappa shape index (κ2) is 6.86. The van der Waals surface area contributed by atoms with Gasteiger partial charge >= 0.3 is 0 Å². The lowest BCUT2D eigenvalue weighted by Gasteiger charge is -2.08. The molecule has 4 heteroatoms. The van der Waals surface area contributed by atoms with Crippen molar-refractivity contribution in [2.24, 2.45) is 4.99 Å². The van der Waals surface area contributed by atoms with Crippen LogP contribution in [-0.2, 0) is 17.6 Å². The Morgan fingerprint density at radius 2 is 1.91 bits per heavy atom. The fraction of sp³-hybridized carbons (Fsp3) is 0.158. The standard InChI is InChI=1S/C19H16N2O2/c1-23-18-8-4-6-15-10-12-16(21-19(15)18)11-9-14-5-2-3-7-17(14)20-13-22/h2-8,10,12H,9,11H2,1H3. The molecule has 2 aromatic carbocycles. The Balaban J connectivity index is 1.86. The highest BCUT2D eigenvalue weighted by Crippen LogP contribution is 2.24. The smallest absolute Gasteiger partial charge is 0.240 e. The highest BCUT2D eigenvalue weighted by Gasteiger charge is 2.06. The van der Waals surface area contributed by atoms with E-state index in [9.17, 15) is 4.79 Å². The summed E-state index contributed by atoms with van der Waals surface area (Å²) in [6.45, 7) is 0.